The Bertz CT molecular complexity index is 1070. The van der Waals surface area contributed by atoms with Crippen LogP contribution in [0.2, 0.25) is 0 Å². The second-order valence-corrected chi connectivity index (χ2v) is 12.3. The molecule has 0 amide bonds. The topological polar surface area (TPSA) is 43.4 Å². The summed E-state index contributed by atoms with van der Waals surface area (Å²) in [4.78, 5) is 25.5. The number of hydrogen-bond acceptors (Lipinski definition) is 3. The standard InChI is InChI=1S/C27H27BrO3/c28-27-12-17-7-18(13-27)11-26(10-17,16-27)14-25(30)31-15-24(29)21-6-5-20-8-19-3-1-2-4-22(19)23(20)9-21/h1-6,9,17-18H,7-8,10-16H2/t17-,18+,26?,27?. The minimum absolute atomic E-state index is 0.0744. The van der Waals surface area contributed by atoms with Crippen molar-refractivity contribution in [3.63, 3.8) is 0 Å². The zero-order valence-electron chi connectivity index (χ0n) is 17.7. The van der Waals surface area contributed by atoms with E-state index in [0.717, 1.165) is 43.1 Å². The van der Waals surface area contributed by atoms with Crippen LogP contribution in [0.5, 0.6) is 0 Å². The van der Waals surface area contributed by atoms with Gasteiger partial charge in [-0.05, 0) is 90.5 Å². The maximum absolute atomic E-state index is 12.8. The summed E-state index contributed by atoms with van der Waals surface area (Å²) in [7, 11) is 0. The Labute approximate surface area is 191 Å². The summed E-state index contributed by atoms with van der Waals surface area (Å²) in [6, 6.07) is 14.2. The van der Waals surface area contributed by atoms with Gasteiger partial charge in [-0.2, -0.15) is 0 Å². The van der Waals surface area contributed by atoms with E-state index >= 15 is 0 Å². The van der Waals surface area contributed by atoms with E-state index in [-0.39, 0.29) is 28.1 Å². The van der Waals surface area contributed by atoms with Gasteiger partial charge < -0.3 is 4.74 Å². The van der Waals surface area contributed by atoms with Crippen LogP contribution in [-0.2, 0) is 16.0 Å². The first-order valence-electron chi connectivity index (χ1n) is 11.5. The maximum atomic E-state index is 12.8. The van der Waals surface area contributed by atoms with E-state index in [9.17, 15) is 9.59 Å². The number of alkyl halides is 1. The lowest BCUT2D eigenvalue weighted by Gasteiger charge is -2.60. The van der Waals surface area contributed by atoms with Crippen molar-refractivity contribution in [1.82, 2.24) is 0 Å². The Kier molecular flexibility index (Phi) is 4.47. The van der Waals surface area contributed by atoms with Gasteiger partial charge in [-0.25, -0.2) is 0 Å². The molecule has 0 aliphatic heterocycles. The van der Waals surface area contributed by atoms with E-state index in [1.54, 1.807) is 0 Å². The molecule has 0 heterocycles. The number of benzene rings is 2. The average Bonchev–Trinajstić information content (AvgIpc) is 3.07. The highest BCUT2D eigenvalue weighted by Gasteiger charge is 2.57. The van der Waals surface area contributed by atoms with Gasteiger partial charge in [0.2, 0.25) is 0 Å². The molecule has 4 atom stereocenters. The Balaban J connectivity index is 1.11. The first-order chi connectivity index (χ1) is 14.9. The Morgan fingerprint density at radius 3 is 2.48 bits per heavy atom. The molecule has 4 heteroatoms. The van der Waals surface area contributed by atoms with Gasteiger partial charge in [-0.1, -0.05) is 52.3 Å². The molecular weight excluding hydrogens is 452 g/mol. The van der Waals surface area contributed by atoms with Crippen molar-refractivity contribution >= 4 is 27.7 Å². The SMILES string of the molecule is O=C(CC12C[C@@H]3C[C@@H](CC(Br)(C3)C1)C2)OCC(=O)c1ccc2c(c1)-c1ccccc1C2. The van der Waals surface area contributed by atoms with Crippen molar-refractivity contribution in [2.45, 2.75) is 55.7 Å². The molecule has 4 fully saturated rings. The van der Waals surface area contributed by atoms with E-state index in [0.29, 0.717) is 12.0 Å². The average molecular weight is 479 g/mol. The maximum Gasteiger partial charge on any atom is 0.306 e. The van der Waals surface area contributed by atoms with Crippen LogP contribution in [0.4, 0.5) is 0 Å². The van der Waals surface area contributed by atoms with E-state index in [1.807, 2.05) is 24.3 Å². The number of hydrogen-bond donors (Lipinski definition) is 0. The molecule has 2 unspecified atom stereocenters. The number of Topliss-reactive ketones (excluding diaryl/α,β-unsaturated/α-hetero) is 1. The van der Waals surface area contributed by atoms with Crippen molar-refractivity contribution in [1.29, 1.82) is 0 Å². The molecule has 0 spiro atoms. The third kappa shape index (κ3) is 3.47. The molecule has 4 bridgehead atoms. The smallest absolute Gasteiger partial charge is 0.306 e. The van der Waals surface area contributed by atoms with Crippen LogP contribution in [0, 0.1) is 17.3 Å². The lowest BCUT2D eigenvalue weighted by molar-refractivity contribution is -0.149. The second-order valence-electron chi connectivity index (χ2n) is 10.6. The van der Waals surface area contributed by atoms with Gasteiger partial charge in [0, 0.05) is 9.89 Å². The summed E-state index contributed by atoms with van der Waals surface area (Å²) in [5.41, 5.74) is 5.58. The van der Waals surface area contributed by atoms with E-state index in [1.165, 1.54) is 36.0 Å². The van der Waals surface area contributed by atoms with Gasteiger partial charge in [0.25, 0.3) is 0 Å². The molecule has 7 rings (SSSR count). The molecule has 160 valence electrons. The highest BCUT2D eigenvalue weighted by molar-refractivity contribution is 9.10. The summed E-state index contributed by atoms with van der Waals surface area (Å²) in [6.45, 7) is -0.165. The molecule has 0 radical (unpaired) electrons. The molecule has 31 heavy (non-hydrogen) atoms. The summed E-state index contributed by atoms with van der Waals surface area (Å²) >= 11 is 4.01. The van der Waals surface area contributed by atoms with Gasteiger partial charge in [0.15, 0.2) is 12.4 Å². The number of ketones is 1. The normalized spacial score (nSPS) is 31.9. The van der Waals surface area contributed by atoms with Gasteiger partial charge in [-0.3, -0.25) is 9.59 Å². The summed E-state index contributed by atoms with van der Waals surface area (Å²) in [6.07, 6.45) is 8.55. The molecule has 5 aliphatic rings. The van der Waals surface area contributed by atoms with Crippen LogP contribution in [0.3, 0.4) is 0 Å². The highest BCUT2D eigenvalue weighted by Crippen LogP contribution is 2.65. The number of ether oxygens (including phenoxy) is 1. The van der Waals surface area contributed by atoms with Crippen molar-refractivity contribution in [3.8, 4) is 11.1 Å². The van der Waals surface area contributed by atoms with Crippen molar-refractivity contribution in [3.05, 3.63) is 59.2 Å². The number of esters is 1. The monoisotopic (exact) mass is 478 g/mol. The molecule has 4 saturated carbocycles. The minimum Gasteiger partial charge on any atom is -0.457 e. The third-order valence-corrected chi connectivity index (χ3v) is 9.04. The quantitative estimate of drug-likeness (QED) is 0.252. The molecular formula is C27H27BrO3. The van der Waals surface area contributed by atoms with Crippen molar-refractivity contribution < 1.29 is 14.3 Å². The second kappa shape index (κ2) is 7.03. The number of rotatable bonds is 5. The minimum atomic E-state index is -0.210. The number of fused-ring (bicyclic) bond motifs is 3. The first kappa shape index (κ1) is 19.7. The van der Waals surface area contributed by atoms with Crippen LogP contribution in [0.25, 0.3) is 11.1 Å². The molecule has 3 nitrogen and oxygen atoms in total. The van der Waals surface area contributed by atoms with Crippen LogP contribution in [0.1, 0.15) is 66.4 Å². The van der Waals surface area contributed by atoms with Gasteiger partial charge in [0.05, 0.1) is 6.42 Å². The van der Waals surface area contributed by atoms with Gasteiger partial charge in [0.1, 0.15) is 0 Å². The first-order valence-corrected chi connectivity index (χ1v) is 12.3. The largest absolute Gasteiger partial charge is 0.457 e. The van der Waals surface area contributed by atoms with E-state index < -0.39 is 0 Å². The van der Waals surface area contributed by atoms with Crippen LogP contribution in [0.15, 0.2) is 42.5 Å². The predicted molar refractivity (Wildman–Crippen MR) is 123 cm³/mol. The Hall–Kier alpha value is -1.94. The number of carbonyl (C=O) groups excluding carboxylic acids is 2. The van der Waals surface area contributed by atoms with Gasteiger partial charge in [-0.15, -0.1) is 0 Å². The molecule has 0 aromatic heterocycles. The summed E-state index contributed by atoms with van der Waals surface area (Å²) in [5, 5.41) is 0. The van der Waals surface area contributed by atoms with Crippen LogP contribution < -0.4 is 0 Å². The molecule has 0 N–H and O–H groups in total. The fourth-order valence-electron chi connectivity index (χ4n) is 7.43. The molecule has 0 saturated heterocycles. The molecule has 5 aliphatic carbocycles. The fraction of sp³-hybridized carbons (Fsp3) is 0.481. The fourth-order valence-corrected chi connectivity index (χ4v) is 8.94. The molecule has 2 aromatic rings. The van der Waals surface area contributed by atoms with E-state index in [4.69, 9.17) is 4.74 Å². The summed E-state index contributed by atoms with van der Waals surface area (Å²) in [5.74, 6) is 1.15. The summed E-state index contributed by atoms with van der Waals surface area (Å²) < 4.78 is 5.75. The highest BCUT2D eigenvalue weighted by atomic mass is 79.9. The lowest BCUT2D eigenvalue weighted by Crippen LogP contribution is -2.53. The lowest BCUT2D eigenvalue weighted by atomic mass is 9.49. The Morgan fingerprint density at radius 2 is 1.71 bits per heavy atom. The third-order valence-electron chi connectivity index (χ3n) is 8.11. The predicted octanol–water partition coefficient (Wildman–Crippen LogP) is 6.11. The van der Waals surface area contributed by atoms with Crippen LogP contribution >= 0.6 is 15.9 Å². The zero-order valence-corrected chi connectivity index (χ0v) is 19.2. The van der Waals surface area contributed by atoms with Crippen molar-refractivity contribution in [2.24, 2.45) is 17.3 Å². The van der Waals surface area contributed by atoms with Gasteiger partial charge >= 0.3 is 5.97 Å². The van der Waals surface area contributed by atoms with E-state index in [2.05, 4.69) is 34.1 Å². The van der Waals surface area contributed by atoms with Crippen molar-refractivity contribution in [2.75, 3.05) is 6.61 Å². The zero-order chi connectivity index (χ0) is 21.2. The molecule has 2 aromatic carbocycles. The number of carbonyl (C=O) groups is 2. The van der Waals surface area contributed by atoms with Crippen LogP contribution in [-0.4, -0.2) is 22.7 Å². The number of halogens is 1. The Morgan fingerprint density at radius 1 is 0.968 bits per heavy atom.